The first-order valence-corrected chi connectivity index (χ1v) is 8.07. The third-order valence-corrected chi connectivity index (χ3v) is 4.83. The maximum absolute atomic E-state index is 10.9. The fraction of sp³-hybridized carbons (Fsp3) is 0.412. The first kappa shape index (κ1) is 16.5. The highest BCUT2D eigenvalue weighted by molar-refractivity contribution is 7.10. The van der Waals surface area contributed by atoms with Crippen LogP contribution in [0.3, 0.4) is 0 Å². The lowest BCUT2D eigenvalue weighted by molar-refractivity contribution is 0.0691. The van der Waals surface area contributed by atoms with E-state index in [1.165, 1.54) is 16.9 Å². The van der Waals surface area contributed by atoms with E-state index >= 15 is 0 Å². The Morgan fingerprint density at radius 1 is 1.36 bits per heavy atom. The molecule has 118 valence electrons. The molecule has 0 fully saturated rings. The van der Waals surface area contributed by atoms with E-state index < -0.39 is 5.97 Å². The average Bonchev–Trinajstić information content (AvgIpc) is 2.92. The van der Waals surface area contributed by atoms with Gasteiger partial charge >= 0.3 is 5.97 Å². The van der Waals surface area contributed by atoms with Crippen LogP contribution >= 0.6 is 11.3 Å². The molecule has 22 heavy (non-hydrogen) atoms. The zero-order valence-electron chi connectivity index (χ0n) is 13.3. The van der Waals surface area contributed by atoms with Crippen molar-refractivity contribution in [3.8, 4) is 5.75 Å². The Hall–Kier alpha value is -1.88. The van der Waals surface area contributed by atoms with Gasteiger partial charge in [0.05, 0.1) is 11.6 Å². The first-order chi connectivity index (χ1) is 10.3. The molecule has 0 spiro atoms. The molecule has 1 aromatic heterocycles. The first-order valence-electron chi connectivity index (χ1n) is 7.19. The van der Waals surface area contributed by atoms with Crippen molar-refractivity contribution in [3.05, 3.63) is 45.4 Å². The average molecular weight is 319 g/mol. The van der Waals surface area contributed by atoms with Crippen molar-refractivity contribution in [1.29, 1.82) is 0 Å². The van der Waals surface area contributed by atoms with Crippen molar-refractivity contribution in [2.75, 3.05) is 6.61 Å². The van der Waals surface area contributed by atoms with Gasteiger partial charge in [0.1, 0.15) is 5.75 Å². The normalized spacial score (nSPS) is 11.5. The topological polar surface area (TPSA) is 59.4 Å². The molecule has 1 aromatic carbocycles. The summed E-state index contributed by atoms with van der Waals surface area (Å²) < 4.78 is 5.86. The highest BCUT2D eigenvalue weighted by Crippen LogP contribution is 2.30. The number of aromatic nitrogens is 1. The summed E-state index contributed by atoms with van der Waals surface area (Å²) in [7, 11) is 0. The number of nitrogens with zero attached hydrogens (tertiary/aromatic N) is 1. The molecule has 2 aromatic rings. The second-order valence-electron chi connectivity index (χ2n) is 6.09. The van der Waals surface area contributed by atoms with Crippen LogP contribution in [-0.4, -0.2) is 22.7 Å². The minimum atomic E-state index is -0.982. The highest BCUT2D eigenvalue weighted by atomic mass is 32.1. The van der Waals surface area contributed by atoms with Gasteiger partial charge in [-0.2, -0.15) is 0 Å². The van der Waals surface area contributed by atoms with E-state index in [1.54, 1.807) is 5.38 Å². The van der Waals surface area contributed by atoms with Crippen LogP contribution in [0.25, 0.3) is 0 Å². The predicted molar refractivity (Wildman–Crippen MR) is 88.1 cm³/mol. The fourth-order valence-electron chi connectivity index (χ4n) is 2.17. The summed E-state index contributed by atoms with van der Waals surface area (Å²) in [5.74, 6) is -0.0865. The van der Waals surface area contributed by atoms with E-state index in [0.717, 1.165) is 22.7 Å². The highest BCUT2D eigenvalue weighted by Gasteiger charge is 2.25. The molecule has 0 bridgehead atoms. The quantitative estimate of drug-likeness (QED) is 0.866. The van der Waals surface area contributed by atoms with Gasteiger partial charge in [-0.25, -0.2) is 9.78 Å². The Kier molecular flexibility index (Phi) is 4.86. The molecule has 0 radical (unpaired) electrons. The Balaban J connectivity index is 1.98. The van der Waals surface area contributed by atoms with Gasteiger partial charge in [0.15, 0.2) is 5.69 Å². The molecule has 0 unspecified atom stereocenters. The van der Waals surface area contributed by atoms with Crippen LogP contribution in [-0.2, 0) is 5.41 Å². The molecule has 1 N–H and O–H groups in total. The molecule has 0 atom stereocenters. The molecule has 2 rings (SSSR count). The molecule has 0 saturated carbocycles. The molecule has 0 aliphatic rings. The standard InChI is InChI=1S/C17H21NO3S/c1-11-5-6-14(12(2)9-11)21-8-7-17(3,4)16-18-13(10-22-16)15(19)20/h5-6,9-10H,7-8H2,1-4H3,(H,19,20). The second kappa shape index (κ2) is 6.48. The van der Waals surface area contributed by atoms with Crippen LogP contribution in [0.4, 0.5) is 0 Å². The third kappa shape index (κ3) is 3.85. The van der Waals surface area contributed by atoms with Crippen LogP contribution < -0.4 is 4.74 Å². The molecular weight excluding hydrogens is 298 g/mol. The van der Waals surface area contributed by atoms with Crippen molar-refractivity contribution >= 4 is 17.3 Å². The molecule has 5 heteroatoms. The smallest absolute Gasteiger partial charge is 0.355 e. The van der Waals surface area contributed by atoms with Gasteiger partial charge in [-0.15, -0.1) is 11.3 Å². The summed E-state index contributed by atoms with van der Waals surface area (Å²) in [6, 6.07) is 6.12. The van der Waals surface area contributed by atoms with E-state index in [4.69, 9.17) is 9.84 Å². The molecule has 0 aliphatic heterocycles. The number of benzene rings is 1. The SMILES string of the molecule is Cc1ccc(OCCC(C)(C)c2nc(C(=O)O)cs2)c(C)c1. The number of hydrogen-bond acceptors (Lipinski definition) is 4. The fourth-order valence-corrected chi connectivity index (χ4v) is 3.12. The Morgan fingerprint density at radius 3 is 2.68 bits per heavy atom. The van der Waals surface area contributed by atoms with Crippen LogP contribution in [0.5, 0.6) is 5.75 Å². The van der Waals surface area contributed by atoms with Crippen LogP contribution in [0.15, 0.2) is 23.6 Å². The minimum absolute atomic E-state index is 0.114. The number of ether oxygens (including phenoxy) is 1. The lowest BCUT2D eigenvalue weighted by Gasteiger charge is -2.22. The third-order valence-electron chi connectivity index (χ3n) is 3.62. The molecular formula is C17H21NO3S. The number of aryl methyl sites for hydroxylation is 2. The van der Waals surface area contributed by atoms with E-state index in [0.29, 0.717) is 6.61 Å². The number of aromatic carboxylic acids is 1. The van der Waals surface area contributed by atoms with Crippen LogP contribution in [0, 0.1) is 13.8 Å². The van der Waals surface area contributed by atoms with Gasteiger partial charge in [0, 0.05) is 10.8 Å². The number of thiazole rings is 1. The number of rotatable bonds is 6. The summed E-state index contributed by atoms with van der Waals surface area (Å²) in [6.45, 7) is 8.78. The summed E-state index contributed by atoms with van der Waals surface area (Å²) in [5, 5.41) is 11.4. The van der Waals surface area contributed by atoms with Crippen molar-refractivity contribution in [2.24, 2.45) is 0 Å². The van der Waals surface area contributed by atoms with E-state index in [1.807, 2.05) is 19.1 Å². The lowest BCUT2D eigenvalue weighted by Crippen LogP contribution is -2.21. The summed E-state index contributed by atoms with van der Waals surface area (Å²) >= 11 is 1.39. The van der Waals surface area contributed by atoms with Gasteiger partial charge in [-0.1, -0.05) is 31.5 Å². The van der Waals surface area contributed by atoms with Crippen molar-refractivity contribution in [3.63, 3.8) is 0 Å². The van der Waals surface area contributed by atoms with Crippen molar-refractivity contribution in [2.45, 2.75) is 39.5 Å². The number of carboxylic acid groups (broad SMARTS) is 1. The van der Waals surface area contributed by atoms with Gasteiger partial charge in [-0.05, 0) is 31.9 Å². The van der Waals surface area contributed by atoms with Gasteiger partial charge < -0.3 is 9.84 Å². The molecule has 4 nitrogen and oxygen atoms in total. The van der Waals surface area contributed by atoms with Crippen molar-refractivity contribution < 1.29 is 14.6 Å². The maximum atomic E-state index is 10.9. The van der Waals surface area contributed by atoms with Crippen LogP contribution in [0.1, 0.15) is 46.9 Å². The Bertz CT molecular complexity index is 676. The Morgan fingerprint density at radius 2 is 2.09 bits per heavy atom. The van der Waals surface area contributed by atoms with E-state index in [-0.39, 0.29) is 11.1 Å². The van der Waals surface area contributed by atoms with Crippen LogP contribution in [0.2, 0.25) is 0 Å². The van der Waals surface area contributed by atoms with Gasteiger partial charge in [0.25, 0.3) is 0 Å². The maximum Gasteiger partial charge on any atom is 0.355 e. The molecule has 1 heterocycles. The zero-order valence-corrected chi connectivity index (χ0v) is 14.2. The van der Waals surface area contributed by atoms with E-state index in [2.05, 4.69) is 31.8 Å². The summed E-state index contributed by atoms with van der Waals surface area (Å²) in [5.41, 5.74) is 2.24. The number of hydrogen-bond donors (Lipinski definition) is 1. The summed E-state index contributed by atoms with van der Waals surface area (Å²) in [4.78, 5) is 15.1. The van der Waals surface area contributed by atoms with E-state index in [9.17, 15) is 4.79 Å². The molecule has 0 saturated heterocycles. The molecule has 0 amide bonds. The predicted octanol–water partition coefficient (Wildman–Crippen LogP) is 4.20. The zero-order chi connectivity index (χ0) is 16.3. The minimum Gasteiger partial charge on any atom is -0.493 e. The van der Waals surface area contributed by atoms with Gasteiger partial charge in [-0.3, -0.25) is 0 Å². The number of carboxylic acids is 1. The lowest BCUT2D eigenvalue weighted by atomic mass is 9.90. The monoisotopic (exact) mass is 319 g/mol. The molecule has 0 aliphatic carbocycles. The van der Waals surface area contributed by atoms with Gasteiger partial charge in [0.2, 0.25) is 0 Å². The summed E-state index contributed by atoms with van der Waals surface area (Å²) in [6.07, 6.45) is 0.771. The van der Waals surface area contributed by atoms with Crippen molar-refractivity contribution in [1.82, 2.24) is 4.98 Å². The number of carbonyl (C=O) groups is 1. The Labute approximate surface area is 134 Å². The second-order valence-corrected chi connectivity index (χ2v) is 6.95. The largest absolute Gasteiger partial charge is 0.493 e.